The molecular weight excluding hydrogens is 474 g/mol. The fourth-order valence-corrected chi connectivity index (χ4v) is 4.37. The molecular formula is C23H13Cl2FN2O3S. The first-order valence-corrected chi connectivity index (χ1v) is 10.8. The number of benzene rings is 3. The van der Waals surface area contributed by atoms with Crippen molar-refractivity contribution >= 4 is 51.5 Å². The average Bonchev–Trinajstić information content (AvgIpc) is 3.21. The highest BCUT2D eigenvalue weighted by Crippen LogP contribution is 2.33. The van der Waals surface area contributed by atoms with Gasteiger partial charge >= 0.3 is 5.97 Å². The first-order chi connectivity index (χ1) is 15.3. The second kappa shape index (κ2) is 9.08. The zero-order valence-corrected chi connectivity index (χ0v) is 18.4. The molecule has 0 bridgehead atoms. The number of nitrogens with one attached hydrogen (secondary N) is 1. The molecule has 0 radical (unpaired) electrons. The van der Waals surface area contributed by atoms with E-state index in [4.69, 9.17) is 23.2 Å². The van der Waals surface area contributed by atoms with E-state index < -0.39 is 17.7 Å². The van der Waals surface area contributed by atoms with Gasteiger partial charge in [0.1, 0.15) is 5.82 Å². The van der Waals surface area contributed by atoms with Gasteiger partial charge in [-0.1, -0.05) is 47.5 Å². The standard InChI is InChI=1S/C23H13Cl2FN2O3S/c24-12-5-7-17(19(25)9-12)20-11-32-23(27-20)28-21(29)16-4-2-1-3-14(16)15-8-6-13(26)10-18(15)22(30)31/h1-11H,(H,30,31)(H,27,28,29). The van der Waals surface area contributed by atoms with Gasteiger partial charge < -0.3 is 5.11 Å². The van der Waals surface area contributed by atoms with Gasteiger partial charge in [-0.05, 0) is 47.5 Å². The smallest absolute Gasteiger partial charge is 0.336 e. The zero-order valence-electron chi connectivity index (χ0n) is 16.1. The maximum atomic E-state index is 13.6. The molecule has 0 aliphatic rings. The van der Waals surface area contributed by atoms with Gasteiger partial charge in [-0.3, -0.25) is 10.1 Å². The highest BCUT2D eigenvalue weighted by molar-refractivity contribution is 7.14. The number of amides is 1. The van der Waals surface area contributed by atoms with Gasteiger partial charge in [0.25, 0.3) is 5.91 Å². The molecule has 0 atom stereocenters. The Morgan fingerprint density at radius 3 is 2.41 bits per heavy atom. The number of nitrogens with zero attached hydrogens (tertiary/aromatic N) is 1. The quantitative estimate of drug-likeness (QED) is 0.322. The van der Waals surface area contributed by atoms with E-state index in [0.717, 1.165) is 12.1 Å². The van der Waals surface area contributed by atoms with E-state index in [-0.39, 0.29) is 16.7 Å². The van der Waals surface area contributed by atoms with Gasteiger partial charge in [0.2, 0.25) is 0 Å². The topological polar surface area (TPSA) is 79.3 Å². The largest absolute Gasteiger partial charge is 0.478 e. The third-order valence-corrected chi connectivity index (χ3v) is 5.91. The van der Waals surface area contributed by atoms with Crippen LogP contribution in [-0.4, -0.2) is 22.0 Å². The third kappa shape index (κ3) is 4.50. The number of carbonyl (C=O) groups is 2. The number of anilines is 1. The summed E-state index contributed by atoms with van der Waals surface area (Å²) in [5.74, 6) is -2.45. The summed E-state index contributed by atoms with van der Waals surface area (Å²) >= 11 is 13.4. The Morgan fingerprint density at radius 1 is 0.938 bits per heavy atom. The molecule has 4 aromatic rings. The van der Waals surface area contributed by atoms with Crippen molar-refractivity contribution in [3.63, 3.8) is 0 Å². The van der Waals surface area contributed by atoms with E-state index in [1.165, 1.54) is 17.4 Å². The first kappa shape index (κ1) is 22.0. The monoisotopic (exact) mass is 486 g/mol. The molecule has 1 amide bonds. The Bertz CT molecular complexity index is 1360. The van der Waals surface area contributed by atoms with Crippen molar-refractivity contribution in [2.24, 2.45) is 0 Å². The molecule has 5 nitrogen and oxygen atoms in total. The van der Waals surface area contributed by atoms with Gasteiger partial charge in [0, 0.05) is 21.5 Å². The number of hydrogen-bond acceptors (Lipinski definition) is 4. The molecule has 0 spiro atoms. The van der Waals surface area contributed by atoms with Crippen LogP contribution < -0.4 is 5.32 Å². The molecule has 160 valence electrons. The second-order valence-corrected chi connectivity index (χ2v) is 8.36. The average molecular weight is 487 g/mol. The predicted molar refractivity (Wildman–Crippen MR) is 124 cm³/mol. The Hall–Kier alpha value is -3.26. The van der Waals surface area contributed by atoms with Crippen LogP contribution in [0.25, 0.3) is 22.4 Å². The van der Waals surface area contributed by atoms with Gasteiger partial charge in [-0.2, -0.15) is 0 Å². The van der Waals surface area contributed by atoms with Crippen LogP contribution in [0.1, 0.15) is 20.7 Å². The molecule has 0 aliphatic carbocycles. The number of hydrogen-bond donors (Lipinski definition) is 2. The van der Waals surface area contributed by atoms with Crippen LogP contribution in [-0.2, 0) is 0 Å². The Balaban J connectivity index is 1.66. The summed E-state index contributed by atoms with van der Waals surface area (Å²) in [7, 11) is 0. The van der Waals surface area contributed by atoms with Crippen LogP contribution in [0, 0.1) is 5.82 Å². The SMILES string of the molecule is O=C(O)c1cc(F)ccc1-c1ccccc1C(=O)Nc1nc(-c2ccc(Cl)cc2Cl)cs1. The van der Waals surface area contributed by atoms with Crippen molar-refractivity contribution in [2.45, 2.75) is 0 Å². The first-order valence-electron chi connectivity index (χ1n) is 9.18. The van der Waals surface area contributed by atoms with Crippen molar-refractivity contribution < 1.29 is 19.1 Å². The van der Waals surface area contributed by atoms with E-state index in [1.807, 2.05) is 0 Å². The zero-order chi connectivity index (χ0) is 22.8. The van der Waals surface area contributed by atoms with Crippen LogP contribution in [0.5, 0.6) is 0 Å². The van der Waals surface area contributed by atoms with Gasteiger partial charge in [-0.15, -0.1) is 11.3 Å². The number of carboxylic acid groups (broad SMARTS) is 1. The van der Waals surface area contributed by atoms with E-state index in [1.54, 1.807) is 47.8 Å². The number of thiazole rings is 1. The van der Waals surface area contributed by atoms with Gasteiger partial charge in [0.15, 0.2) is 5.13 Å². The molecule has 1 heterocycles. The number of carboxylic acids is 1. The molecule has 0 saturated heterocycles. The summed E-state index contributed by atoms with van der Waals surface area (Å²) < 4.78 is 13.6. The minimum atomic E-state index is -1.29. The summed E-state index contributed by atoms with van der Waals surface area (Å²) in [4.78, 5) is 29.0. The normalized spacial score (nSPS) is 10.7. The number of aromatic carboxylic acids is 1. The summed E-state index contributed by atoms with van der Waals surface area (Å²) in [5.41, 5.74) is 1.83. The summed E-state index contributed by atoms with van der Waals surface area (Å²) in [5, 5.41) is 15.2. The number of rotatable bonds is 5. The molecule has 0 aliphatic heterocycles. The molecule has 0 unspecified atom stereocenters. The lowest BCUT2D eigenvalue weighted by Gasteiger charge is -2.11. The number of halogens is 3. The molecule has 0 fully saturated rings. The van der Waals surface area contributed by atoms with Crippen molar-refractivity contribution in [3.05, 3.63) is 93.0 Å². The lowest BCUT2D eigenvalue weighted by atomic mass is 9.95. The molecule has 3 aromatic carbocycles. The van der Waals surface area contributed by atoms with Crippen LogP contribution >= 0.6 is 34.5 Å². The van der Waals surface area contributed by atoms with Crippen LogP contribution in [0.2, 0.25) is 10.0 Å². The van der Waals surface area contributed by atoms with Crippen molar-refractivity contribution in [2.75, 3.05) is 5.32 Å². The molecule has 32 heavy (non-hydrogen) atoms. The van der Waals surface area contributed by atoms with Gasteiger partial charge in [-0.25, -0.2) is 14.2 Å². The van der Waals surface area contributed by atoms with E-state index >= 15 is 0 Å². The summed E-state index contributed by atoms with van der Waals surface area (Å²) in [6.45, 7) is 0. The van der Waals surface area contributed by atoms with Gasteiger partial charge in [0.05, 0.1) is 16.3 Å². The summed E-state index contributed by atoms with van der Waals surface area (Å²) in [6.07, 6.45) is 0. The maximum absolute atomic E-state index is 13.6. The molecule has 9 heteroatoms. The Kier molecular flexibility index (Phi) is 6.23. The van der Waals surface area contributed by atoms with Crippen LogP contribution in [0.3, 0.4) is 0 Å². The minimum absolute atomic E-state index is 0.225. The molecule has 2 N–H and O–H groups in total. The van der Waals surface area contributed by atoms with E-state index in [9.17, 15) is 19.1 Å². The fourth-order valence-electron chi connectivity index (χ4n) is 3.16. The van der Waals surface area contributed by atoms with Crippen LogP contribution in [0.15, 0.2) is 66.0 Å². The predicted octanol–water partition coefficient (Wildman–Crippen LogP) is 6.87. The summed E-state index contributed by atoms with van der Waals surface area (Å²) in [6, 6.07) is 15.0. The Labute approximate surface area is 196 Å². The van der Waals surface area contributed by atoms with E-state index in [0.29, 0.717) is 32.0 Å². The highest BCUT2D eigenvalue weighted by atomic mass is 35.5. The number of aromatic nitrogens is 1. The fraction of sp³-hybridized carbons (Fsp3) is 0. The molecule has 4 rings (SSSR count). The van der Waals surface area contributed by atoms with Crippen molar-refractivity contribution in [1.29, 1.82) is 0 Å². The van der Waals surface area contributed by atoms with Crippen molar-refractivity contribution in [1.82, 2.24) is 4.98 Å². The molecule has 0 saturated carbocycles. The van der Waals surface area contributed by atoms with Crippen molar-refractivity contribution in [3.8, 4) is 22.4 Å². The van der Waals surface area contributed by atoms with Crippen LogP contribution in [0.4, 0.5) is 9.52 Å². The third-order valence-electron chi connectivity index (χ3n) is 4.61. The number of carbonyl (C=O) groups excluding carboxylic acids is 1. The molecule has 1 aromatic heterocycles. The highest BCUT2D eigenvalue weighted by Gasteiger charge is 2.19. The maximum Gasteiger partial charge on any atom is 0.336 e. The Morgan fingerprint density at radius 2 is 1.66 bits per heavy atom. The minimum Gasteiger partial charge on any atom is -0.478 e. The van der Waals surface area contributed by atoms with E-state index in [2.05, 4.69) is 10.3 Å². The lowest BCUT2D eigenvalue weighted by molar-refractivity contribution is 0.0697. The second-order valence-electron chi connectivity index (χ2n) is 6.66. The lowest BCUT2D eigenvalue weighted by Crippen LogP contribution is -2.13.